The van der Waals surface area contributed by atoms with E-state index in [9.17, 15) is 9.59 Å². The molecule has 7 heteroatoms. The standard InChI is InChI=1S/C13H21N3O3S/c1-4-9(6-11(17)18)16-13(19)15-8(3)12-14-7-10(5-2)20-12/h7-9H,4-6H2,1-3H3,(H,17,18)(H2,15,16,19). The lowest BCUT2D eigenvalue weighted by Gasteiger charge is -2.17. The molecule has 112 valence electrons. The van der Waals surface area contributed by atoms with E-state index in [0.717, 1.165) is 11.4 Å². The molecule has 0 aliphatic heterocycles. The van der Waals surface area contributed by atoms with Crippen LogP contribution in [0, 0.1) is 0 Å². The Kier molecular flexibility index (Phi) is 6.44. The maximum atomic E-state index is 11.8. The van der Waals surface area contributed by atoms with Gasteiger partial charge in [-0.25, -0.2) is 9.78 Å². The number of nitrogens with one attached hydrogen (secondary N) is 2. The second-order valence-electron chi connectivity index (χ2n) is 4.56. The van der Waals surface area contributed by atoms with Gasteiger partial charge in [-0.2, -0.15) is 0 Å². The number of aliphatic carboxylic acids is 1. The Morgan fingerprint density at radius 2 is 2.10 bits per heavy atom. The highest BCUT2D eigenvalue weighted by atomic mass is 32.1. The summed E-state index contributed by atoms with van der Waals surface area (Å²) in [7, 11) is 0. The molecular weight excluding hydrogens is 278 g/mol. The van der Waals surface area contributed by atoms with Crippen LogP contribution < -0.4 is 10.6 Å². The maximum absolute atomic E-state index is 11.8. The molecule has 0 aliphatic rings. The molecule has 0 spiro atoms. The second kappa shape index (κ2) is 7.84. The van der Waals surface area contributed by atoms with Gasteiger partial charge in [-0.3, -0.25) is 4.79 Å². The molecule has 2 atom stereocenters. The molecule has 0 saturated carbocycles. The normalized spacial score (nSPS) is 13.6. The third kappa shape index (κ3) is 5.16. The molecule has 1 aromatic heterocycles. The van der Waals surface area contributed by atoms with E-state index in [1.54, 1.807) is 11.3 Å². The molecule has 1 heterocycles. The summed E-state index contributed by atoms with van der Waals surface area (Å²) in [5.41, 5.74) is 0. The van der Waals surface area contributed by atoms with Crippen LogP contribution >= 0.6 is 11.3 Å². The van der Waals surface area contributed by atoms with Crippen LogP contribution in [0.4, 0.5) is 4.79 Å². The third-order valence-electron chi connectivity index (χ3n) is 2.89. The van der Waals surface area contributed by atoms with E-state index < -0.39 is 5.97 Å². The van der Waals surface area contributed by atoms with Crippen molar-refractivity contribution >= 4 is 23.3 Å². The van der Waals surface area contributed by atoms with Gasteiger partial charge in [0, 0.05) is 17.1 Å². The van der Waals surface area contributed by atoms with Gasteiger partial charge >= 0.3 is 12.0 Å². The zero-order valence-corrected chi connectivity index (χ0v) is 12.8. The van der Waals surface area contributed by atoms with E-state index in [2.05, 4.69) is 22.5 Å². The Bertz CT molecular complexity index is 461. The van der Waals surface area contributed by atoms with Crippen LogP contribution in [0.5, 0.6) is 0 Å². The number of urea groups is 1. The van der Waals surface area contributed by atoms with Gasteiger partial charge in [-0.1, -0.05) is 13.8 Å². The van der Waals surface area contributed by atoms with Crippen LogP contribution in [0.25, 0.3) is 0 Å². The lowest BCUT2D eigenvalue weighted by Crippen LogP contribution is -2.43. The fraction of sp³-hybridized carbons (Fsp3) is 0.615. The van der Waals surface area contributed by atoms with E-state index >= 15 is 0 Å². The zero-order valence-electron chi connectivity index (χ0n) is 12.0. The molecule has 0 radical (unpaired) electrons. The van der Waals surface area contributed by atoms with Crippen molar-refractivity contribution in [3.05, 3.63) is 16.1 Å². The minimum atomic E-state index is -0.919. The smallest absolute Gasteiger partial charge is 0.315 e. The number of carbonyl (C=O) groups is 2. The van der Waals surface area contributed by atoms with Crippen molar-refractivity contribution in [2.45, 2.75) is 52.1 Å². The van der Waals surface area contributed by atoms with Crippen molar-refractivity contribution in [1.82, 2.24) is 15.6 Å². The Morgan fingerprint density at radius 1 is 1.40 bits per heavy atom. The topological polar surface area (TPSA) is 91.3 Å². The molecule has 6 nitrogen and oxygen atoms in total. The molecule has 2 amide bonds. The molecule has 0 aromatic carbocycles. The van der Waals surface area contributed by atoms with Gasteiger partial charge in [0.1, 0.15) is 5.01 Å². The summed E-state index contributed by atoms with van der Waals surface area (Å²) in [5.74, 6) is -0.919. The summed E-state index contributed by atoms with van der Waals surface area (Å²) < 4.78 is 0. The van der Waals surface area contributed by atoms with Gasteiger partial charge in [0.05, 0.1) is 12.5 Å². The molecule has 1 rings (SSSR count). The summed E-state index contributed by atoms with van der Waals surface area (Å²) in [6, 6.07) is -0.913. The van der Waals surface area contributed by atoms with E-state index in [0.29, 0.717) is 6.42 Å². The Hall–Kier alpha value is -1.63. The van der Waals surface area contributed by atoms with Crippen LogP contribution in [0.2, 0.25) is 0 Å². The molecular formula is C13H21N3O3S. The van der Waals surface area contributed by atoms with Gasteiger partial charge in [-0.05, 0) is 19.8 Å². The highest BCUT2D eigenvalue weighted by molar-refractivity contribution is 7.11. The number of amides is 2. The lowest BCUT2D eigenvalue weighted by molar-refractivity contribution is -0.137. The summed E-state index contributed by atoms with van der Waals surface area (Å²) in [6.45, 7) is 5.75. The van der Waals surface area contributed by atoms with Crippen molar-refractivity contribution < 1.29 is 14.7 Å². The number of aryl methyl sites for hydroxylation is 1. The monoisotopic (exact) mass is 299 g/mol. The van der Waals surface area contributed by atoms with Gasteiger partial charge in [0.2, 0.25) is 0 Å². The number of hydrogen-bond donors (Lipinski definition) is 3. The number of nitrogens with zero attached hydrogens (tertiary/aromatic N) is 1. The molecule has 0 aliphatic carbocycles. The predicted octanol–water partition coefficient (Wildman–Crippen LogP) is 2.32. The number of carboxylic acids is 1. The van der Waals surface area contributed by atoms with Crippen LogP contribution in [-0.4, -0.2) is 28.1 Å². The third-order valence-corrected chi connectivity index (χ3v) is 4.21. The Balaban J connectivity index is 2.50. The van der Waals surface area contributed by atoms with Crippen molar-refractivity contribution in [3.63, 3.8) is 0 Å². The van der Waals surface area contributed by atoms with Crippen molar-refractivity contribution in [2.75, 3.05) is 0 Å². The number of thiazole rings is 1. The first-order valence-corrected chi connectivity index (χ1v) is 7.51. The lowest BCUT2D eigenvalue weighted by atomic mass is 10.1. The Labute approximate surface area is 122 Å². The van der Waals surface area contributed by atoms with Gasteiger partial charge in [0.15, 0.2) is 0 Å². The van der Waals surface area contributed by atoms with E-state index in [4.69, 9.17) is 5.11 Å². The minimum Gasteiger partial charge on any atom is -0.481 e. The van der Waals surface area contributed by atoms with Crippen molar-refractivity contribution in [1.29, 1.82) is 0 Å². The molecule has 3 N–H and O–H groups in total. The number of carboxylic acid groups (broad SMARTS) is 1. The van der Waals surface area contributed by atoms with Gasteiger partial charge in [-0.15, -0.1) is 11.3 Å². The van der Waals surface area contributed by atoms with E-state index in [1.165, 1.54) is 4.88 Å². The summed E-state index contributed by atoms with van der Waals surface area (Å²) in [6.07, 6.45) is 3.24. The number of aromatic nitrogens is 1. The fourth-order valence-corrected chi connectivity index (χ4v) is 2.54. The van der Waals surface area contributed by atoms with Crippen LogP contribution in [0.15, 0.2) is 6.20 Å². The number of rotatable bonds is 7. The second-order valence-corrected chi connectivity index (χ2v) is 5.71. The molecule has 20 heavy (non-hydrogen) atoms. The highest BCUT2D eigenvalue weighted by Crippen LogP contribution is 2.20. The minimum absolute atomic E-state index is 0.0739. The van der Waals surface area contributed by atoms with E-state index in [1.807, 2.05) is 20.0 Å². The molecule has 1 aromatic rings. The predicted molar refractivity (Wildman–Crippen MR) is 77.9 cm³/mol. The quantitative estimate of drug-likeness (QED) is 0.720. The van der Waals surface area contributed by atoms with E-state index in [-0.39, 0.29) is 24.5 Å². The van der Waals surface area contributed by atoms with Crippen molar-refractivity contribution in [3.8, 4) is 0 Å². The van der Waals surface area contributed by atoms with Crippen molar-refractivity contribution in [2.24, 2.45) is 0 Å². The first kappa shape index (κ1) is 16.4. The van der Waals surface area contributed by atoms with Crippen LogP contribution in [0.3, 0.4) is 0 Å². The highest BCUT2D eigenvalue weighted by Gasteiger charge is 2.17. The van der Waals surface area contributed by atoms with Crippen LogP contribution in [-0.2, 0) is 11.2 Å². The summed E-state index contributed by atoms with van der Waals surface area (Å²) in [5, 5.41) is 15.0. The first-order chi connectivity index (χ1) is 9.46. The van der Waals surface area contributed by atoms with Gasteiger partial charge < -0.3 is 15.7 Å². The molecule has 2 unspecified atom stereocenters. The number of hydrogen-bond acceptors (Lipinski definition) is 4. The zero-order chi connectivity index (χ0) is 15.1. The fourth-order valence-electron chi connectivity index (χ4n) is 1.68. The Morgan fingerprint density at radius 3 is 2.60 bits per heavy atom. The average molecular weight is 299 g/mol. The first-order valence-electron chi connectivity index (χ1n) is 6.69. The molecule has 0 bridgehead atoms. The maximum Gasteiger partial charge on any atom is 0.315 e. The average Bonchev–Trinajstić information content (AvgIpc) is 2.86. The largest absolute Gasteiger partial charge is 0.481 e. The summed E-state index contributed by atoms with van der Waals surface area (Å²) >= 11 is 1.57. The number of carbonyl (C=O) groups excluding carboxylic acids is 1. The molecule has 0 fully saturated rings. The molecule has 0 saturated heterocycles. The summed E-state index contributed by atoms with van der Waals surface area (Å²) in [4.78, 5) is 27.9. The van der Waals surface area contributed by atoms with Crippen LogP contribution in [0.1, 0.15) is 49.5 Å². The van der Waals surface area contributed by atoms with Gasteiger partial charge in [0.25, 0.3) is 0 Å². The SMILES string of the molecule is CCc1cnc(C(C)NC(=O)NC(CC)CC(=O)O)s1.